The third-order valence-corrected chi connectivity index (χ3v) is 3.01. The molecule has 0 aromatic heterocycles. The van der Waals surface area contributed by atoms with Gasteiger partial charge < -0.3 is 5.11 Å². The van der Waals surface area contributed by atoms with Crippen LogP contribution >= 0.6 is 15.9 Å². The molecule has 0 aliphatic heterocycles. The van der Waals surface area contributed by atoms with Crippen LogP contribution in [0, 0.1) is 0 Å². The van der Waals surface area contributed by atoms with Gasteiger partial charge in [-0.15, -0.1) is 0 Å². The monoisotopic (exact) mass is 284 g/mol. The SMILES string of the molecule is CC[C@@H](C(C)=O)c1ccc(Br)cc1C(=O)O. The molecular formula is C12H13BrO3. The van der Waals surface area contributed by atoms with Gasteiger partial charge in [0.25, 0.3) is 0 Å². The van der Waals surface area contributed by atoms with Crippen molar-refractivity contribution < 1.29 is 14.7 Å². The molecule has 0 heterocycles. The minimum atomic E-state index is -1.00. The lowest BCUT2D eigenvalue weighted by atomic mass is 9.89. The van der Waals surface area contributed by atoms with Gasteiger partial charge in [-0.05, 0) is 31.0 Å². The standard InChI is InChI=1S/C12H13BrO3/c1-3-9(7(2)14)10-5-4-8(13)6-11(10)12(15)16/h4-6,9H,3H2,1-2H3,(H,15,16)/t9-/m0/s1. The summed E-state index contributed by atoms with van der Waals surface area (Å²) in [5.74, 6) is -1.34. The van der Waals surface area contributed by atoms with Gasteiger partial charge in [0.05, 0.1) is 5.56 Å². The number of Topliss-reactive ketones (excluding diaryl/α,β-unsaturated/α-hetero) is 1. The maximum atomic E-state index is 11.4. The molecule has 0 fully saturated rings. The van der Waals surface area contributed by atoms with Crippen molar-refractivity contribution in [3.63, 3.8) is 0 Å². The Bertz CT molecular complexity index is 426. The first-order chi connectivity index (χ1) is 7.47. The van der Waals surface area contributed by atoms with E-state index in [2.05, 4.69) is 15.9 Å². The van der Waals surface area contributed by atoms with E-state index in [0.29, 0.717) is 16.5 Å². The van der Waals surface area contributed by atoms with Crippen LogP contribution in [-0.4, -0.2) is 16.9 Å². The fraction of sp³-hybridized carbons (Fsp3) is 0.333. The molecule has 16 heavy (non-hydrogen) atoms. The Kier molecular flexibility index (Phi) is 4.24. The maximum Gasteiger partial charge on any atom is 0.336 e. The number of carboxylic acids is 1. The number of hydrogen-bond donors (Lipinski definition) is 1. The number of rotatable bonds is 4. The Hall–Kier alpha value is -1.16. The van der Waals surface area contributed by atoms with E-state index in [-0.39, 0.29) is 17.3 Å². The first-order valence-corrected chi connectivity index (χ1v) is 5.79. The van der Waals surface area contributed by atoms with Crippen LogP contribution in [0.5, 0.6) is 0 Å². The normalized spacial score (nSPS) is 12.2. The molecule has 1 atom stereocenters. The summed E-state index contributed by atoms with van der Waals surface area (Å²) in [4.78, 5) is 22.5. The lowest BCUT2D eigenvalue weighted by molar-refractivity contribution is -0.118. The number of carboxylic acid groups (broad SMARTS) is 1. The average Bonchev–Trinajstić information content (AvgIpc) is 2.20. The molecule has 0 unspecified atom stereocenters. The van der Waals surface area contributed by atoms with Crippen LogP contribution in [0.2, 0.25) is 0 Å². The second-order valence-corrected chi connectivity index (χ2v) is 4.52. The van der Waals surface area contributed by atoms with E-state index in [0.717, 1.165) is 0 Å². The molecule has 0 saturated carbocycles. The third-order valence-electron chi connectivity index (χ3n) is 2.52. The second-order valence-electron chi connectivity index (χ2n) is 3.61. The first kappa shape index (κ1) is 12.9. The molecule has 0 amide bonds. The van der Waals surface area contributed by atoms with Gasteiger partial charge in [0.1, 0.15) is 5.78 Å². The highest BCUT2D eigenvalue weighted by atomic mass is 79.9. The van der Waals surface area contributed by atoms with E-state index >= 15 is 0 Å². The van der Waals surface area contributed by atoms with Gasteiger partial charge in [-0.2, -0.15) is 0 Å². The van der Waals surface area contributed by atoms with Gasteiger partial charge in [-0.25, -0.2) is 4.79 Å². The van der Waals surface area contributed by atoms with Crippen LogP contribution in [0.4, 0.5) is 0 Å². The van der Waals surface area contributed by atoms with Gasteiger partial charge in [-0.1, -0.05) is 28.9 Å². The van der Waals surface area contributed by atoms with Crippen molar-refractivity contribution in [2.24, 2.45) is 0 Å². The summed E-state index contributed by atoms with van der Waals surface area (Å²) in [5, 5.41) is 9.08. The summed E-state index contributed by atoms with van der Waals surface area (Å²) < 4.78 is 0.701. The third kappa shape index (κ3) is 2.70. The van der Waals surface area contributed by atoms with Crippen LogP contribution in [-0.2, 0) is 4.79 Å². The molecule has 1 aromatic rings. The Morgan fingerprint density at radius 3 is 2.50 bits per heavy atom. The van der Waals surface area contributed by atoms with Crippen molar-refractivity contribution in [3.8, 4) is 0 Å². The highest BCUT2D eigenvalue weighted by Gasteiger charge is 2.21. The van der Waals surface area contributed by atoms with Crippen molar-refractivity contribution in [1.82, 2.24) is 0 Å². The number of ketones is 1. The highest BCUT2D eigenvalue weighted by Crippen LogP contribution is 2.27. The lowest BCUT2D eigenvalue weighted by Gasteiger charge is -2.14. The summed E-state index contributed by atoms with van der Waals surface area (Å²) in [7, 11) is 0. The van der Waals surface area contributed by atoms with Gasteiger partial charge in [-0.3, -0.25) is 4.79 Å². The number of halogens is 1. The molecule has 0 aliphatic rings. The number of carbonyl (C=O) groups excluding carboxylic acids is 1. The maximum absolute atomic E-state index is 11.4. The molecule has 86 valence electrons. The molecule has 1 N–H and O–H groups in total. The Morgan fingerprint density at radius 1 is 1.44 bits per heavy atom. The molecule has 3 nitrogen and oxygen atoms in total. The van der Waals surface area contributed by atoms with Crippen molar-refractivity contribution in [2.75, 3.05) is 0 Å². The van der Waals surface area contributed by atoms with Gasteiger partial charge in [0.15, 0.2) is 0 Å². The Labute approximate surface area is 103 Å². The predicted molar refractivity (Wildman–Crippen MR) is 64.8 cm³/mol. The molecule has 4 heteroatoms. The van der Waals surface area contributed by atoms with Crippen molar-refractivity contribution in [1.29, 1.82) is 0 Å². The molecule has 0 radical (unpaired) electrons. The zero-order chi connectivity index (χ0) is 12.3. The molecule has 1 aromatic carbocycles. The Morgan fingerprint density at radius 2 is 2.06 bits per heavy atom. The number of hydrogen-bond acceptors (Lipinski definition) is 2. The zero-order valence-corrected chi connectivity index (χ0v) is 10.7. The fourth-order valence-electron chi connectivity index (χ4n) is 1.74. The number of carbonyl (C=O) groups is 2. The van der Waals surface area contributed by atoms with Crippen molar-refractivity contribution >= 4 is 27.7 Å². The highest BCUT2D eigenvalue weighted by molar-refractivity contribution is 9.10. The van der Waals surface area contributed by atoms with Crippen molar-refractivity contribution in [3.05, 3.63) is 33.8 Å². The van der Waals surface area contributed by atoms with Gasteiger partial charge in [0, 0.05) is 10.4 Å². The van der Waals surface area contributed by atoms with Gasteiger partial charge >= 0.3 is 5.97 Å². The molecule has 0 bridgehead atoms. The summed E-state index contributed by atoms with van der Waals surface area (Å²) in [6.45, 7) is 3.36. The topological polar surface area (TPSA) is 54.4 Å². The molecule has 0 saturated heterocycles. The first-order valence-electron chi connectivity index (χ1n) is 5.00. The molecule has 1 rings (SSSR count). The number of aromatic carboxylic acids is 1. The minimum absolute atomic E-state index is 0.00711. The smallest absolute Gasteiger partial charge is 0.336 e. The summed E-state index contributed by atoms with van der Waals surface area (Å²) >= 11 is 3.22. The largest absolute Gasteiger partial charge is 0.478 e. The average molecular weight is 285 g/mol. The number of benzene rings is 1. The summed E-state index contributed by atoms with van der Waals surface area (Å²) in [6.07, 6.45) is 0.608. The molecule has 0 aliphatic carbocycles. The molecular weight excluding hydrogens is 272 g/mol. The van der Waals surface area contributed by atoms with E-state index in [1.165, 1.54) is 13.0 Å². The fourth-order valence-corrected chi connectivity index (χ4v) is 2.11. The lowest BCUT2D eigenvalue weighted by Crippen LogP contribution is -2.13. The Balaban J connectivity index is 3.31. The summed E-state index contributed by atoms with van der Waals surface area (Å²) in [5.41, 5.74) is 0.780. The van der Waals surface area contributed by atoms with E-state index in [1.54, 1.807) is 12.1 Å². The minimum Gasteiger partial charge on any atom is -0.478 e. The van der Waals surface area contributed by atoms with Crippen LogP contribution in [0.15, 0.2) is 22.7 Å². The van der Waals surface area contributed by atoms with Crippen LogP contribution < -0.4 is 0 Å². The van der Waals surface area contributed by atoms with Crippen LogP contribution in [0.3, 0.4) is 0 Å². The quantitative estimate of drug-likeness (QED) is 0.924. The summed E-state index contributed by atoms with van der Waals surface area (Å²) in [6, 6.07) is 4.99. The second kappa shape index (κ2) is 5.25. The zero-order valence-electron chi connectivity index (χ0n) is 9.16. The van der Waals surface area contributed by atoms with Crippen LogP contribution in [0.25, 0.3) is 0 Å². The van der Waals surface area contributed by atoms with E-state index in [1.807, 2.05) is 6.92 Å². The van der Waals surface area contributed by atoms with Crippen LogP contribution in [0.1, 0.15) is 42.1 Å². The van der Waals surface area contributed by atoms with Gasteiger partial charge in [0.2, 0.25) is 0 Å². The van der Waals surface area contributed by atoms with E-state index in [4.69, 9.17) is 5.11 Å². The van der Waals surface area contributed by atoms with Crippen molar-refractivity contribution in [2.45, 2.75) is 26.2 Å². The molecule has 0 spiro atoms. The predicted octanol–water partition coefficient (Wildman–Crippen LogP) is 3.23. The van der Waals surface area contributed by atoms with E-state index < -0.39 is 5.97 Å². The van der Waals surface area contributed by atoms with E-state index in [9.17, 15) is 9.59 Å².